The van der Waals surface area contributed by atoms with Gasteiger partial charge in [0, 0.05) is 20.2 Å². The molecule has 1 aromatic rings. The first-order valence-corrected chi connectivity index (χ1v) is 6.38. The molecule has 0 aliphatic carbocycles. The molecule has 100 valence electrons. The number of nitrogens with zero attached hydrogens (tertiary/aromatic N) is 1. The van der Waals surface area contributed by atoms with Gasteiger partial charge in [-0.2, -0.15) is 0 Å². The van der Waals surface area contributed by atoms with Crippen LogP contribution in [0.5, 0.6) is 0 Å². The smallest absolute Gasteiger partial charge is 0.142 e. The third kappa shape index (κ3) is 2.67. The summed E-state index contributed by atoms with van der Waals surface area (Å²) in [6.45, 7) is 2.04. The first kappa shape index (κ1) is 13.7. The van der Waals surface area contributed by atoms with Gasteiger partial charge in [-0.3, -0.25) is 4.90 Å². The molecular formula is C13H17ClFNO2. The summed E-state index contributed by atoms with van der Waals surface area (Å²) < 4.78 is 18.5. The highest BCUT2D eigenvalue weighted by molar-refractivity contribution is 6.31. The van der Waals surface area contributed by atoms with Crippen molar-refractivity contribution in [2.45, 2.75) is 18.6 Å². The van der Waals surface area contributed by atoms with Crippen LogP contribution in [0.15, 0.2) is 18.2 Å². The van der Waals surface area contributed by atoms with Crippen LogP contribution in [0.2, 0.25) is 5.02 Å². The minimum absolute atomic E-state index is 0.103. The minimum atomic E-state index is -0.513. The molecule has 1 N–H and O–H groups in total. The Morgan fingerprint density at radius 3 is 3.06 bits per heavy atom. The van der Waals surface area contributed by atoms with Crippen LogP contribution in [0.3, 0.4) is 0 Å². The summed E-state index contributed by atoms with van der Waals surface area (Å²) in [6, 6.07) is 4.47. The maximum Gasteiger partial charge on any atom is 0.142 e. The summed E-state index contributed by atoms with van der Waals surface area (Å²) >= 11 is 5.99. The van der Waals surface area contributed by atoms with Gasteiger partial charge in [0.15, 0.2) is 0 Å². The maximum absolute atomic E-state index is 13.5. The second-order valence-corrected chi connectivity index (χ2v) is 4.85. The van der Waals surface area contributed by atoms with Gasteiger partial charge in [0.05, 0.1) is 23.8 Å². The highest BCUT2D eigenvalue weighted by atomic mass is 35.5. The average Bonchev–Trinajstić information content (AvgIpc) is 2.72. The Morgan fingerprint density at radius 1 is 1.56 bits per heavy atom. The van der Waals surface area contributed by atoms with Gasteiger partial charge in [0.25, 0.3) is 0 Å². The Kier molecular flexibility index (Phi) is 4.56. The molecule has 5 heteroatoms. The van der Waals surface area contributed by atoms with Crippen molar-refractivity contribution < 1.29 is 14.2 Å². The first-order chi connectivity index (χ1) is 8.65. The van der Waals surface area contributed by atoms with Crippen LogP contribution in [0.1, 0.15) is 18.0 Å². The van der Waals surface area contributed by atoms with Crippen molar-refractivity contribution in [1.29, 1.82) is 0 Å². The molecular weight excluding hydrogens is 257 g/mol. The summed E-state index contributed by atoms with van der Waals surface area (Å²) in [5.74, 6) is -0.444. The van der Waals surface area contributed by atoms with E-state index in [0.29, 0.717) is 25.1 Å². The predicted octanol–water partition coefficient (Wildman–Crippen LogP) is 2.23. The van der Waals surface area contributed by atoms with E-state index in [9.17, 15) is 9.50 Å². The van der Waals surface area contributed by atoms with Crippen LogP contribution in [-0.4, -0.2) is 42.9 Å². The van der Waals surface area contributed by atoms with Crippen molar-refractivity contribution in [3.05, 3.63) is 34.6 Å². The number of hydrogen-bond acceptors (Lipinski definition) is 3. The van der Waals surface area contributed by atoms with E-state index in [1.165, 1.54) is 6.07 Å². The van der Waals surface area contributed by atoms with Gasteiger partial charge in [-0.25, -0.2) is 4.39 Å². The van der Waals surface area contributed by atoms with Crippen molar-refractivity contribution >= 4 is 11.6 Å². The fourth-order valence-electron chi connectivity index (χ4n) is 2.45. The molecule has 1 aromatic carbocycles. The number of hydrogen-bond donors (Lipinski definition) is 1. The van der Waals surface area contributed by atoms with Crippen LogP contribution in [0, 0.1) is 5.82 Å². The van der Waals surface area contributed by atoms with Gasteiger partial charge in [-0.15, -0.1) is 0 Å². The number of aliphatic hydroxyl groups is 1. The molecule has 0 spiro atoms. The van der Waals surface area contributed by atoms with E-state index in [-0.39, 0.29) is 11.1 Å². The molecule has 1 saturated heterocycles. The van der Waals surface area contributed by atoms with E-state index in [4.69, 9.17) is 16.3 Å². The number of benzene rings is 1. The van der Waals surface area contributed by atoms with Gasteiger partial charge in [0.2, 0.25) is 0 Å². The van der Waals surface area contributed by atoms with Crippen LogP contribution in [0.25, 0.3) is 0 Å². The molecule has 1 aliphatic rings. The Morgan fingerprint density at radius 2 is 2.33 bits per heavy atom. The zero-order valence-electron chi connectivity index (χ0n) is 10.3. The molecule has 1 aliphatic heterocycles. The molecule has 1 heterocycles. The molecule has 0 amide bonds. The van der Waals surface area contributed by atoms with E-state index in [1.807, 2.05) is 0 Å². The van der Waals surface area contributed by atoms with Crippen molar-refractivity contribution in [3.8, 4) is 0 Å². The Hall–Kier alpha value is -0.680. The summed E-state index contributed by atoms with van der Waals surface area (Å²) in [4.78, 5) is 2.08. The summed E-state index contributed by atoms with van der Waals surface area (Å²) in [6.07, 6.45) is 0.155. The van der Waals surface area contributed by atoms with Crippen molar-refractivity contribution in [2.24, 2.45) is 0 Å². The molecule has 0 radical (unpaired) electrons. The van der Waals surface area contributed by atoms with Gasteiger partial charge in [-0.1, -0.05) is 23.7 Å². The van der Waals surface area contributed by atoms with E-state index in [0.717, 1.165) is 6.54 Å². The lowest BCUT2D eigenvalue weighted by Gasteiger charge is -2.27. The van der Waals surface area contributed by atoms with Crippen LogP contribution < -0.4 is 0 Å². The lowest BCUT2D eigenvalue weighted by atomic mass is 10.0. The summed E-state index contributed by atoms with van der Waals surface area (Å²) in [7, 11) is 1.64. The average molecular weight is 274 g/mol. The number of methoxy groups -OCH3 is 1. The highest BCUT2D eigenvalue weighted by Crippen LogP contribution is 2.36. The number of likely N-dealkylation sites (tertiary alicyclic amines) is 1. The fraction of sp³-hybridized carbons (Fsp3) is 0.538. The molecule has 1 fully saturated rings. The molecule has 2 atom stereocenters. The van der Waals surface area contributed by atoms with E-state index in [1.54, 1.807) is 19.2 Å². The van der Waals surface area contributed by atoms with Gasteiger partial charge < -0.3 is 9.84 Å². The lowest BCUT2D eigenvalue weighted by Crippen LogP contribution is -2.30. The SMILES string of the molecule is COCCN1CCC(O)C1c1cccc(F)c1Cl. The Labute approximate surface area is 111 Å². The minimum Gasteiger partial charge on any atom is -0.391 e. The van der Waals surface area contributed by atoms with Gasteiger partial charge >= 0.3 is 0 Å². The van der Waals surface area contributed by atoms with Crippen LogP contribution in [0.4, 0.5) is 4.39 Å². The number of ether oxygens (including phenoxy) is 1. The molecule has 0 aromatic heterocycles. The van der Waals surface area contributed by atoms with Crippen molar-refractivity contribution in [2.75, 3.05) is 26.8 Å². The maximum atomic E-state index is 13.5. The number of aliphatic hydroxyl groups excluding tert-OH is 1. The second-order valence-electron chi connectivity index (χ2n) is 4.47. The van der Waals surface area contributed by atoms with Gasteiger partial charge in [-0.05, 0) is 18.1 Å². The summed E-state index contributed by atoms with van der Waals surface area (Å²) in [5, 5.41) is 10.2. The standard InChI is InChI=1S/C13H17ClFNO2/c1-18-8-7-16-6-5-11(17)13(16)9-3-2-4-10(15)12(9)14/h2-4,11,13,17H,5-8H2,1H3. The van der Waals surface area contributed by atoms with E-state index >= 15 is 0 Å². The third-order valence-electron chi connectivity index (χ3n) is 3.35. The monoisotopic (exact) mass is 273 g/mol. The molecule has 18 heavy (non-hydrogen) atoms. The first-order valence-electron chi connectivity index (χ1n) is 6.00. The van der Waals surface area contributed by atoms with E-state index in [2.05, 4.69) is 4.90 Å². The Balaban J connectivity index is 2.25. The molecule has 3 nitrogen and oxygen atoms in total. The van der Waals surface area contributed by atoms with Crippen LogP contribution >= 0.6 is 11.6 Å². The Bertz CT molecular complexity index is 416. The normalized spacial score (nSPS) is 24.7. The molecule has 2 rings (SSSR count). The summed E-state index contributed by atoms with van der Waals surface area (Å²) in [5.41, 5.74) is 0.651. The third-order valence-corrected chi connectivity index (χ3v) is 3.75. The number of rotatable bonds is 4. The quantitative estimate of drug-likeness (QED) is 0.913. The fourth-order valence-corrected chi connectivity index (χ4v) is 2.69. The highest BCUT2D eigenvalue weighted by Gasteiger charge is 2.35. The van der Waals surface area contributed by atoms with E-state index < -0.39 is 11.9 Å². The van der Waals surface area contributed by atoms with Crippen LogP contribution in [-0.2, 0) is 4.74 Å². The topological polar surface area (TPSA) is 32.7 Å². The van der Waals surface area contributed by atoms with Gasteiger partial charge in [0.1, 0.15) is 5.82 Å². The number of halogens is 2. The zero-order valence-corrected chi connectivity index (χ0v) is 11.0. The molecule has 0 bridgehead atoms. The molecule has 0 saturated carbocycles. The second kappa shape index (κ2) is 5.97. The van der Waals surface area contributed by atoms with Crippen molar-refractivity contribution in [1.82, 2.24) is 4.90 Å². The zero-order chi connectivity index (χ0) is 13.1. The molecule has 2 unspecified atom stereocenters. The largest absolute Gasteiger partial charge is 0.391 e. The van der Waals surface area contributed by atoms with Crippen molar-refractivity contribution in [3.63, 3.8) is 0 Å². The predicted molar refractivity (Wildman–Crippen MR) is 68.2 cm³/mol. The lowest BCUT2D eigenvalue weighted by molar-refractivity contribution is 0.0934.